The van der Waals surface area contributed by atoms with E-state index in [1.807, 2.05) is 18.2 Å². The van der Waals surface area contributed by atoms with Crippen LogP contribution < -0.4 is 0 Å². The summed E-state index contributed by atoms with van der Waals surface area (Å²) in [7, 11) is 0. The molecule has 0 saturated carbocycles. The molecule has 0 bridgehead atoms. The topological polar surface area (TPSA) is 67.9 Å². The van der Waals surface area contributed by atoms with Gasteiger partial charge in [-0.05, 0) is 41.3 Å². The highest BCUT2D eigenvalue weighted by atomic mass is 32.1. The molecule has 1 heterocycles. The summed E-state index contributed by atoms with van der Waals surface area (Å²) in [5.74, 6) is 0. The highest BCUT2D eigenvalue weighted by molar-refractivity contribution is 7.80. The number of hydrogen-bond donors (Lipinski definition) is 1. The van der Waals surface area contributed by atoms with Crippen molar-refractivity contribution < 1.29 is 4.92 Å². The van der Waals surface area contributed by atoms with E-state index in [0.717, 1.165) is 34.6 Å². The fraction of sp³-hybridized carbons (Fsp3) is 0.200. The van der Waals surface area contributed by atoms with Crippen LogP contribution in [0.4, 0.5) is 5.69 Å². The van der Waals surface area contributed by atoms with Crippen molar-refractivity contribution >= 4 is 18.3 Å². The van der Waals surface area contributed by atoms with Crippen LogP contribution in [0.25, 0.3) is 11.1 Å². The van der Waals surface area contributed by atoms with Gasteiger partial charge in [0.15, 0.2) is 0 Å². The van der Waals surface area contributed by atoms with Gasteiger partial charge in [0.25, 0.3) is 5.69 Å². The lowest BCUT2D eigenvalue weighted by molar-refractivity contribution is -0.384. The minimum atomic E-state index is -0.401. The smallest absolute Gasteiger partial charge is 0.258 e. The third kappa shape index (κ3) is 2.80. The molecule has 2 aromatic carbocycles. The molecule has 106 valence electrons. The fourth-order valence-corrected chi connectivity index (χ4v) is 2.76. The summed E-state index contributed by atoms with van der Waals surface area (Å²) in [5.41, 5.74) is 3.07. The molecular weight excluding hydrogens is 286 g/mol. The van der Waals surface area contributed by atoms with Crippen LogP contribution in [0.2, 0.25) is 0 Å². The Morgan fingerprint density at radius 3 is 2.43 bits per heavy atom. The molecule has 21 heavy (non-hydrogen) atoms. The summed E-state index contributed by atoms with van der Waals surface area (Å²) in [4.78, 5) is 11.1. The number of azo groups is 1. The number of non-ortho nitro benzene ring substituents is 1. The number of nitrogens with zero attached hydrogens (tertiary/aromatic N) is 3. The average Bonchev–Trinajstić information content (AvgIpc) is 3.01. The molecule has 0 fully saturated rings. The van der Waals surface area contributed by atoms with Gasteiger partial charge < -0.3 is 0 Å². The first kappa shape index (κ1) is 13.8. The number of thiol groups is 1. The lowest BCUT2D eigenvalue weighted by Gasteiger charge is -2.11. The van der Waals surface area contributed by atoms with Gasteiger partial charge >= 0.3 is 0 Å². The zero-order valence-corrected chi connectivity index (χ0v) is 12.0. The number of benzene rings is 2. The Labute approximate surface area is 127 Å². The molecule has 0 aromatic heterocycles. The van der Waals surface area contributed by atoms with Gasteiger partial charge in [-0.2, -0.15) is 10.2 Å². The van der Waals surface area contributed by atoms with Gasteiger partial charge in [0.2, 0.25) is 0 Å². The molecule has 0 spiro atoms. The van der Waals surface area contributed by atoms with Crippen molar-refractivity contribution in [1.29, 1.82) is 0 Å². The molecule has 2 aromatic rings. The Morgan fingerprint density at radius 1 is 1.14 bits per heavy atom. The van der Waals surface area contributed by atoms with Crippen molar-refractivity contribution in [3.63, 3.8) is 0 Å². The Morgan fingerprint density at radius 2 is 1.86 bits per heavy atom. The first-order valence-corrected chi connectivity index (χ1v) is 7.04. The van der Waals surface area contributed by atoms with Crippen molar-refractivity contribution in [3.8, 4) is 11.1 Å². The van der Waals surface area contributed by atoms with Gasteiger partial charge in [0.05, 0.1) is 17.5 Å². The molecule has 1 aliphatic rings. The molecule has 1 aliphatic heterocycles. The molecule has 0 saturated heterocycles. The molecule has 0 radical (unpaired) electrons. The van der Waals surface area contributed by atoms with Crippen LogP contribution >= 0.6 is 12.6 Å². The molecule has 3 rings (SSSR count). The maximum Gasteiger partial charge on any atom is 0.269 e. The largest absolute Gasteiger partial charge is 0.269 e. The molecule has 5 nitrogen and oxygen atoms in total. The highest BCUT2D eigenvalue weighted by Gasteiger charge is 2.17. The van der Waals surface area contributed by atoms with Gasteiger partial charge in [-0.1, -0.05) is 12.1 Å². The molecular formula is C15H13N3O2S. The fourth-order valence-electron chi connectivity index (χ4n) is 2.39. The van der Waals surface area contributed by atoms with E-state index < -0.39 is 4.92 Å². The third-order valence-corrected chi connectivity index (χ3v) is 3.91. The van der Waals surface area contributed by atoms with E-state index in [-0.39, 0.29) is 11.7 Å². The Bertz CT molecular complexity index is 713. The molecule has 0 aliphatic carbocycles. The Hall–Kier alpha value is -2.21. The normalized spacial score (nSPS) is 17.1. The number of hydrogen-bond acceptors (Lipinski definition) is 5. The summed E-state index contributed by atoms with van der Waals surface area (Å²) in [6.07, 6.45) is 0.921. The highest BCUT2D eigenvalue weighted by Crippen LogP contribution is 2.33. The predicted molar refractivity (Wildman–Crippen MR) is 82.9 cm³/mol. The van der Waals surface area contributed by atoms with Crippen LogP contribution in [-0.2, 0) is 0 Å². The summed E-state index contributed by atoms with van der Waals surface area (Å²) >= 11 is 4.54. The van der Waals surface area contributed by atoms with Crippen molar-refractivity contribution in [2.75, 3.05) is 6.54 Å². The van der Waals surface area contributed by atoms with Crippen molar-refractivity contribution in [2.24, 2.45) is 10.2 Å². The summed E-state index contributed by atoms with van der Waals surface area (Å²) in [5, 5.41) is 18.9. The Balaban J connectivity index is 1.90. The van der Waals surface area contributed by atoms with Gasteiger partial charge in [-0.25, -0.2) is 0 Å². The lowest BCUT2D eigenvalue weighted by Crippen LogP contribution is -1.94. The monoisotopic (exact) mass is 299 g/mol. The van der Waals surface area contributed by atoms with E-state index in [1.165, 1.54) is 12.1 Å². The van der Waals surface area contributed by atoms with E-state index in [0.29, 0.717) is 0 Å². The molecule has 0 amide bonds. The van der Waals surface area contributed by atoms with Crippen molar-refractivity contribution in [2.45, 2.75) is 17.4 Å². The lowest BCUT2D eigenvalue weighted by atomic mass is 9.99. The average molecular weight is 299 g/mol. The minimum absolute atomic E-state index is 0.0906. The molecule has 1 atom stereocenters. The summed E-state index contributed by atoms with van der Waals surface area (Å²) < 4.78 is 0. The van der Waals surface area contributed by atoms with Gasteiger partial charge in [0, 0.05) is 17.0 Å². The van der Waals surface area contributed by atoms with E-state index in [2.05, 4.69) is 22.9 Å². The van der Waals surface area contributed by atoms with Crippen LogP contribution in [0.1, 0.15) is 18.0 Å². The van der Waals surface area contributed by atoms with Crippen LogP contribution in [0.15, 0.2) is 57.6 Å². The second kappa shape index (κ2) is 5.65. The molecule has 0 N–H and O–H groups in total. The molecule has 6 heteroatoms. The van der Waals surface area contributed by atoms with Gasteiger partial charge in [0.1, 0.15) is 0 Å². The maximum atomic E-state index is 10.7. The van der Waals surface area contributed by atoms with Gasteiger partial charge in [-0.3, -0.25) is 10.1 Å². The standard InChI is InChI=1S/C15H13N3O2S/c19-18(20)12-4-1-10(2-5-12)11-3-6-13(15(21)9-11)14-7-8-16-17-14/h1-6,9,14,21H,7-8H2. The van der Waals surface area contributed by atoms with E-state index in [4.69, 9.17) is 0 Å². The maximum absolute atomic E-state index is 10.7. The summed E-state index contributed by atoms with van der Waals surface area (Å²) in [6, 6.07) is 12.6. The van der Waals surface area contributed by atoms with Crippen LogP contribution in [0.3, 0.4) is 0 Å². The second-order valence-electron chi connectivity index (χ2n) is 4.86. The van der Waals surface area contributed by atoms with E-state index >= 15 is 0 Å². The number of nitro benzene ring substituents is 1. The second-order valence-corrected chi connectivity index (χ2v) is 5.34. The Kier molecular flexibility index (Phi) is 3.70. The van der Waals surface area contributed by atoms with Crippen LogP contribution in [-0.4, -0.2) is 11.5 Å². The first-order valence-electron chi connectivity index (χ1n) is 6.59. The predicted octanol–water partition coefficient (Wildman–Crippen LogP) is 4.45. The molecule has 1 unspecified atom stereocenters. The van der Waals surface area contributed by atoms with E-state index in [1.54, 1.807) is 12.1 Å². The zero-order chi connectivity index (χ0) is 14.8. The van der Waals surface area contributed by atoms with Gasteiger partial charge in [-0.15, -0.1) is 12.6 Å². The minimum Gasteiger partial charge on any atom is -0.258 e. The SMILES string of the molecule is O=[N+]([O-])c1ccc(-c2ccc(C3CCN=N3)c(S)c2)cc1. The zero-order valence-electron chi connectivity index (χ0n) is 11.1. The third-order valence-electron chi connectivity index (χ3n) is 3.52. The van der Waals surface area contributed by atoms with E-state index in [9.17, 15) is 10.1 Å². The van der Waals surface area contributed by atoms with Crippen molar-refractivity contribution in [1.82, 2.24) is 0 Å². The quantitative estimate of drug-likeness (QED) is 0.517. The van der Waals surface area contributed by atoms with Crippen LogP contribution in [0.5, 0.6) is 0 Å². The summed E-state index contributed by atoms with van der Waals surface area (Å²) in [6.45, 7) is 0.766. The number of nitro groups is 1. The number of rotatable bonds is 3. The van der Waals surface area contributed by atoms with Crippen molar-refractivity contribution in [3.05, 3.63) is 58.1 Å². The first-order chi connectivity index (χ1) is 10.1. The van der Waals surface area contributed by atoms with Crippen LogP contribution in [0, 0.1) is 10.1 Å².